The fourth-order valence-electron chi connectivity index (χ4n) is 6.26. The third kappa shape index (κ3) is 3.88. The second kappa shape index (κ2) is 9.39. The van der Waals surface area contributed by atoms with Crippen molar-refractivity contribution in [3.8, 4) is 17.2 Å². The van der Waals surface area contributed by atoms with Gasteiger partial charge in [-0.15, -0.1) is 0 Å². The molecule has 0 amide bonds. The van der Waals surface area contributed by atoms with Crippen LogP contribution in [0.5, 0.6) is 0 Å². The highest BCUT2D eigenvalue weighted by Crippen LogP contribution is 2.46. The number of nitriles is 1. The molecule has 3 aliphatic rings. The van der Waals surface area contributed by atoms with Gasteiger partial charge in [0.2, 0.25) is 0 Å². The van der Waals surface area contributed by atoms with E-state index in [0.717, 1.165) is 55.1 Å². The largest absolute Gasteiger partial charge is 0.368 e. The molecule has 6 heteroatoms. The van der Waals surface area contributed by atoms with Crippen molar-refractivity contribution in [1.29, 1.82) is 5.26 Å². The number of fused-ring (bicyclic) bond motifs is 2. The third-order valence-electron chi connectivity index (χ3n) is 8.14. The van der Waals surface area contributed by atoms with Crippen molar-refractivity contribution >= 4 is 22.4 Å². The first-order chi connectivity index (χ1) is 17.3. The summed E-state index contributed by atoms with van der Waals surface area (Å²) >= 11 is 0. The molecule has 2 aliphatic heterocycles. The molecule has 180 valence electrons. The van der Waals surface area contributed by atoms with E-state index in [-0.39, 0.29) is 5.92 Å². The van der Waals surface area contributed by atoms with Gasteiger partial charge >= 0.3 is 0 Å². The van der Waals surface area contributed by atoms with Crippen LogP contribution in [0.25, 0.3) is 22.2 Å². The number of imidazole rings is 1. The maximum absolute atomic E-state index is 10.2. The minimum atomic E-state index is 0.279. The molecule has 6 nitrogen and oxygen atoms in total. The van der Waals surface area contributed by atoms with E-state index >= 15 is 0 Å². The monoisotopic (exact) mass is 466 g/mol. The summed E-state index contributed by atoms with van der Waals surface area (Å²) in [5.41, 5.74) is 8.68. The molecule has 3 heterocycles. The van der Waals surface area contributed by atoms with E-state index in [9.17, 15) is 5.26 Å². The maximum atomic E-state index is 10.2. The lowest BCUT2D eigenvalue weighted by Crippen LogP contribution is -2.44. The third-order valence-corrected chi connectivity index (χ3v) is 8.14. The van der Waals surface area contributed by atoms with Crippen LogP contribution in [0.3, 0.4) is 0 Å². The smallest absolute Gasteiger partial charge is 0.104 e. The van der Waals surface area contributed by atoms with Gasteiger partial charge in [0.05, 0.1) is 34.3 Å². The van der Waals surface area contributed by atoms with Crippen molar-refractivity contribution in [3.05, 3.63) is 54.0 Å². The van der Waals surface area contributed by atoms with E-state index in [4.69, 9.17) is 4.98 Å². The summed E-state index contributed by atoms with van der Waals surface area (Å²) in [6.45, 7) is 5.91. The topological polar surface area (TPSA) is 68.9 Å². The zero-order valence-electron chi connectivity index (χ0n) is 20.6. The van der Waals surface area contributed by atoms with Crippen LogP contribution in [0.2, 0.25) is 0 Å². The second-order valence-electron chi connectivity index (χ2n) is 10.1. The van der Waals surface area contributed by atoms with E-state index in [1.54, 1.807) is 0 Å². The molecule has 2 aromatic carbocycles. The van der Waals surface area contributed by atoms with Crippen molar-refractivity contribution in [2.24, 2.45) is 0 Å². The van der Waals surface area contributed by atoms with Crippen LogP contribution in [-0.2, 0) is 0 Å². The van der Waals surface area contributed by atoms with Crippen LogP contribution in [0.1, 0.15) is 68.5 Å². The number of piperazine rings is 1. The highest BCUT2D eigenvalue weighted by molar-refractivity contribution is 5.90. The first-order valence-corrected chi connectivity index (χ1v) is 13.2. The number of nitrogens with one attached hydrogen (secondary N) is 2. The molecule has 0 bridgehead atoms. The van der Waals surface area contributed by atoms with Gasteiger partial charge in [0.25, 0.3) is 0 Å². The van der Waals surface area contributed by atoms with E-state index in [1.807, 2.05) is 12.5 Å². The van der Waals surface area contributed by atoms with Gasteiger partial charge < -0.3 is 20.1 Å². The van der Waals surface area contributed by atoms with Crippen LogP contribution in [0.4, 0.5) is 11.4 Å². The van der Waals surface area contributed by atoms with Crippen LogP contribution in [-0.4, -0.2) is 35.7 Å². The van der Waals surface area contributed by atoms with Crippen molar-refractivity contribution in [1.82, 2.24) is 14.9 Å². The normalized spacial score (nSPS) is 20.5. The Morgan fingerprint density at radius 1 is 1.11 bits per heavy atom. The summed E-state index contributed by atoms with van der Waals surface area (Å²) < 4.78 is 2.40. The van der Waals surface area contributed by atoms with Crippen molar-refractivity contribution < 1.29 is 0 Å². The molecule has 3 aromatic rings. The number of hydrogen-bond acceptors (Lipinski definition) is 5. The minimum Gasteiger partial charge on any atom is -0.368 e. The number of anilines is 2. The molecule has 0 radical (unpaired) electrons. The number of allylic oxidation sites excluding steroid dienone is 1. The molecular formula is C29H34N6. The molecule has 1 saturated heterocycles. The molecular weight excluding hydrogens is 432 g/mol. The predicted octanol–water partition coefficient (Wildman–Crippen LogP) is 5.92. The Morgan fingerprint density at radius 2 is 1.94 bits per heavy atom. The quantitative estimate of drug-likeness (QED) is 0.499. The second-order valence-corrected chi connectivity index (χ2v) is 10.1. The first kappa shape index (κ1) is 22.2. The van der Waals surface area contributed by atoms with Crippen molar-refractivity contribution in [2.45, 2.75) is 57.4 Å². The summed E-state index contributed by atoms with van der Waals surface area (Å²) in [4.78, 5) is 7.20. The zero-order valence-corrected chi connectivity index (χ0v) is 20.6. The van der Waals surface area contributed by atoms with Crippen LogP contribution in [0.15, 0.2) is 42.9 Å². The van der Waals surface area contributed by atoms with Gasteiger partial charge in [-0.3, -0.25) is 0 Å². The summed E-state index contributed by atoms with van der Waals surface area (Å²) in [6, 6.07) is 12.2. The fourth-order valence-corrected chi connectivity index (χ4v) is 6.26. The SMILES string of the molecule is CCC1C=CNc2c(C#N)c(N3CCNCC3)cc(-c3ccc4c(c3)ncn4C3CCCCC3)c21. The summed E-state index contributed by atoms with van der Waals surface area (Å²) in [5, 5.41) is 17.1. The Bertz CT molecular complexity index is 1300. The lowest BCUT2D eigenvalue weighted by Gasteiger charge is -2.33. The number of hydrogen-bond donors (Lipinski definition) is 2. The number of nitrogens with zero attached hydrogens (tertiary/aromatic N) is 4. The Balaban J connectivity index is 1.50. The Morgan fingerprint density at radius 3 is 2.71 bits per heavy atom. The van der Waals surface area contributed by atoms with E-state index in [1.165, 1.54) is 54.3 Å². The standard InChI is InChI=1S/C29H34N6/c1-2-20-10-11-32-29-24(18-30)27(34-14-12-31-13-15-34)17-23(28(20)29)21-8-9-26-25(16-21)33-19-35(26)22-6-4-3-5-7-22/h8-11,16-17,19-20,22,31-32H,2-7,12-15H2,1H3. The molecule has 6 rings (SSSR count). The van der Waals surface area contributed by atoms with Gasteiger partial charge in [0.15, 0.2) is 0 Å². The molecule has 1 aliphatic carbocycles. The van der Waals surface area contributed by atoms with Crippen LogP contribution in [0, 0.1) is 11.3 Å². The van der Waals surface area contributed by atoms with Crippen LogP contribution < -0.4 is 15.5 Å². The van der Waals surface area contributed by atoms with E-state index in [2.05, 4.69) is 63.4 Å². The van der Waals surface area contributed by atoms with Gasteiger partial charge in [0.1, 0.15) is 6.07 Å². The van der Waals surface area contributed by atoms with Crippen molar-refractivity contribution in [2.75, 3.05) is 36.4 Å². The maximum Gasteiger partial charge on any atom is 0.104 e. The van der Waals surface area contributed by atoms with E-state index < -0.39 is 0 Å². The molecule has 1 saturated carbocycles. The number of rotatable bonds is 4. The average Bonchev–Trinajstić information content (AvgIpc) is 3.36. The Labute approximate surface area is 207 Å². The Kier molecular flexibility index (Phi) is 5.95. The van der Waals surface area contributed by atoms with Gasteiger partial charge in [0, 0.05) is 38.1 Å². The van der Waals surface area contributed by atoms with E-state index in [0.29, 0.717) is 6.04 Å². The van der Waals surface area contributed by atoms with Gasteiger partial charge in [-0.05, 0) is 60.4 Å². The molecule has 0 spiro atoms. The molecule has 2 fully saturated rings. The highest BCUT2D eigenvalue weighted by Gasteiger charge is 2.28. The molecule has 1 aromatic heterocycles. The summed E-state index contributed by atoms with van der Waals surface area (Å²) in [5.74, 6) is 0.279. The predicted molar refractivity (Wildman–Crippen MR) is 143 cm³/mol. The lowest BCUT2D eigenvalue weighted by molar-refractivity contribution is 0.359. The molecule has 1 atom stereocenters. The molecule has 35 heavy (non-hydrogen) atoms. The van der Waals surface area contributed by atoms with Gasteiger partial charge in [-0.25, -0.2) is 4.98 Å². The first-order valence-electron chi connectivity index (χ1n) is 13.2. The van der Waals surface area contributed by atoms with Gasteiger partial charge in [-0.2, -0.15) is 5.26 Å². The number of benzene rings is 2. The zero-order chi connectivity index (χ0) is 23.8. The Hall–Kier alpha value is -3.30. The summed E-state index contributed by atoms with van der Waals surface area (Å²) in [7, 11) is 0. The molecule has 2 N–H and O–H groups in total. The fraction of sp³-hybridized carbons (Fsp3) is 0.448. The van der Waals surface area contributed by atoms with Crippen molar-refractivity contribution in [3.63, 3.8) is 0 Å². The number of aromatic nitrogens is 2. The van der Waals surface area contributed by atoms with Crippen LogP contribution >= 0.6 is 0 Å². The highest BCUT2D eigenvalue weighted by atomic mass is 15.2. The average molecular weight is 467 g/mol. The summed E-state index contributed by atoms with van der Waals surface area (Å²) in [6.07, 6.45) is 13.8. The lowest BCUT2D eigenvalue weighted by atomic mass is 9.83. The minimum absolute atomic E-state index is 0.279. The molecule has 1 unspecified atom stereocenters. The van der Waals surface area contributed by atoms with Gasteiger partial charge in [-0.1, -0.05) is 38.3 Å².